The van der Waals surface area contributed by atoms with Gasteiger partial charge < -0.3 is 9.47 Å². The summed E-state index contributed by atoms with van der Waals surface area (Å²) in [6, 6.07) is 0. The van der Waals surface area contributed by atoms with Crippen LogP contribution in [-0.2, 0) is 14.3 Å². The van der Waals surface area contributed by atoms with Crippen molar-refractivity contribution in [3.05, 3.63) is 0 Å². The van der Waals surface area contributed by atoms with Crippen molar-refractivity contribution in [3.63, 3.8) is 0 Å². The summed E-state index contributed by atoms with van der Waals surface area (Å²) in [7, 11) is 1.35. The van der Waals surface area contributed by atoms with Gasteiger partial charge in [0.2, 0.25) is 0 Å². The fraction of sp³-hybridized carbons (Fsp3) is 0.667. The van der Waals surface area contributed by atoms with E-state index in [1.165, 1.54) is 7.11 Å². The van der Waals surface area contributed by atoms with Gasteiger partial charge in [0.1, 0.15) is 6.42 Å². The molecule has 0 aromatic heterocycles. The Balaban J connectivity index is 3.47. The molecule has 0 saturated heterocycles. The standard InChI is InChI=1S/C6H11NO3/c1-3-10-6(8)4-5(7)9-2/h7H,3-4H2,1-2H3. The summed E-state index contributed by atoms with van der Waals surface area (Å²) in [4.78, 5) is 10.6. The molecular weight excluding hydrogens is 134 g/mol. The van der Waals surface area contributed by atoms with Crippen LogP contribution in [0.25, 0.3) is 0 Å². The number of hydrogen-bond donors (Lipinski definition) is 1. The summed E-state index contributed by atoms with van der Waals surface area (Å²) in [6.45, 7) is 2.06. The SMILES string of the molecule is CCOC(=O)CC(=N)OC. The third-order valence-corrected chi connectivity index (χ3v) is 0.857. The van der Waals surface area contributed by atoms with Crippen LogP contribution in [0.4, 0.5) is 0 Å². The minimum absolute atomic E-state index is 0.0709. The van der Waals surface area contributed by atoms with Crippen LogP contribution >= 0.6 is 0 Å². The summed E-state index contributed by atoms with van der Waals surface area (Å²) in [5.74, 6) is -0.493. The molecule has 0 bridgehead atoms. The van der Waals surface area contributed by atoms with E-state index in [9.17, 15) is 4.79 Å². The van der Waals surface area contributed by atoms with Crippen LogP contribution in [-0.4, -0.2) is 25.6 Å². The van der Waals surface area contributed by atoms with Crippen LogP contribution in [0.15, 0.2) is 0 Å². The van der Waals surface area contributed by atoms with Crippen LogP contribution in [0.2, 0.25) is 0 Å². The molecule has 0 aromatic carbocycles. The van der Waals surface area contributed by atoms with Gasteiger partial charge in [-0.3, -0.25) is 10.2 Å². The minimum atomic E-state index is -0.422. The van der Waals surface area contributed by atoms with Gasteiger partial charge >= 0.3 is 5.97 Å². The number of carbonyl (C=O) groups is 1. The van der Waals surface area contributed by atoms with Gasteiger partial charge in [-0.2, -0.15) is 0 Å². The first-order valence-electron chi connectivity index (χ1n) is 2.97. The lowest BCUT2D eigenvalue weighted by molar-refractivity contribution is -0.141. The molecule has 0 fully saturated rings. The zero-order valence-electron chi connectivity index (χ0n) is 6.14. The summed E-state index contributed by atoms with van der Waals surface area (Å²) in [6.07, 6.45) is -0.0790. The number of ether oxygens (including phenoxy) is 2. The maximum atomic E-state index is 10.6. The zero-order chi connectivity index (χ0) is 7.98. The molecule has 0 aliphatic carbocycles. The topological polar surface area (TPSA) is 59.4 Å². The minimum Gasteiger partial charge on any atom is -0.484 e. The molecule has 58 valence electrons. The van der Waals surface area contributed by atoms with Crippen LogP contribution in [0.5, 0.6) is 0 Å². The van der Waals surface area contributed by atoms with Gasteiger partial charge in [0.25, 0.3) is 0 Å². The van der Waals surface area contributed by atoms with Crippen LogP contribution < -0.4 is 0 Å². The van der Waals surface area contributed by atoms with Gasteiger partial charge in [-0.15, -0.1) is 0 Å². The predicted molar refractivity (Wildman–Crippen MR) is 36.0 cm³/mol. The molecule has 0 aliphatic heterocycles. The molecule has 4 heteroatoms. The lowest BCUT2D eigenvalue weighted by atomic mass is 10.4. The molecule has 0 radical (unpaired) electrons. The molecule has 0 aromatic rings. The maximum Gasteiger partial charge on any atom is 0.315 e. The number of hydrogen-bond acceptors (Lipinski definition) is 4. The number of rotatable bonds is 3. The Morgan fingerprint density at radius 1 is 1.60 bits per heavy atom. The largest absolute Gasteiger partial charge is 0.484 e. The molecule has 0 aliphatic rings. The second kappa shape index (κ2) is 4.78. The van der Waals surface area contributed by atoms with E-state index in [0.29, 0.717) is 6.61 Å². The van der Waals surface area contributed by atoms with E-state index in [1.807, 2.05) is 0 Å². The molecule has 10 heavy (non-hydrogen) atoms. The molecule has 0 amide bonds. The Labute approximate surface area is 59.6 Å². The summed E-state index contributed by atoms with van der Waals surface area (Å²) < 4.78 is 9.00. The Morgan fingerprint density at radius 3 is 2.60 bits per heavy atom. The number of esters is 1. The fourth-order valence-electron chi connectivity index (χ4n) is 0.415. The Morgan fingerprint density at radius 2 is 2.20 bits per heavy atom. The van der Waals surface area contributed by atoms with Crippen molar-refractivity contribution in [1.82, 2.24) is 0 Å². The monoisotopic (exact) mass is 145 g/mol. The van der Waals surface area contributed by atoms with Crippen LogP contribution in [0, 0.1) is 5.41 Å². The Kier molecular flexibility index (Phi) is 4.28. The van der Waals surface area contributed by atoms with Crippen molar-refractivity contribution in [3.8, 4) is 0 Å². The van der Waals surface area contributed by atoms with Crippen LogP contribution in [0.3, 0.4) is 0 Å². The second-order valence-corrected chi connectivity index (χ2v) is 1.61. The average Bonchev–Trinajstić information content (AvgIpc) is 1.88. The second-order valence-electron chi connectivity index (χ2n) is 1.61. The van der Waals surface area contributed by atoms with E-state index in [2.05, 4.69) is 9.47 Å². The molecule has 4 nitrogen and oxygen atoms in total. The highest BCUT2D eigenvalue weighted by molar-refractivity contribution is 5.92. The number of methoxy groups -OCH3 is 1. The Bertz CT molecular complexity index is 133. The van der Waals surface area contributed by atoms with Gasteiger partial charge in [-0.05, 0) is 6.92 Å². The normalized spacial score (nSPS) is 8.60. The third-order valence-electron chi connectivity index (χ3n) is 0.857. The first kappa shape index (κ1) is 8.94. The van der Waals surface area contributed by atoms with Gasteiger partial charge in [0, 0.05) is 0 Å². The molecule has 0 atom stereocenters. The molecule has 0 heterocycles. The predicted octanol–water partition coefficient (Wildman–Crippen LogP) is 0.563. The molecule has 0 unspecified atom stereocenters. The van der Waals surface area contributed by atoms with E-state index in [4.69, 9.17) is 5.41 Å². The molecule has 0 spiro atoms. The zero-order valence-corrected chi connectivity index (χ0v) is 6.14. The van der Waals surface area contributed by atoms with Crippen molar-refractivity contribution < 1.29 is 14.3 Å². The summed E-state index contributed by atoms with van der Waals surface area (Å²) in [5.41, 5.74) is 0. The van der Waals surface area contributed by atoms with Crippen molar-refractivity contribution in [2.24, 2.45) is 0 Å². The molecule has 1 N–H and O–H groups in total. The lowest BCUT2D eigenvalue weighted by Gasteiger charge is -2.00. The first-order chi connectivity index (χ1) is 4.70. The van der Waals surface area contributed by atoms with E-state index < -0.39 is 5.97 Å². The maximum absolute atomic E-state index is 10.6. The molecule has 0 saturated carbocycles. The summed E-state index contributed by atoms with van der Waals surface area (Å²) >= 11 is 0. The number of nitrogens with one attached hydrogen (secondary N) is 1. The van der Waals surface area contributed by atoms with Crippen LogP contribution in [0.1, 0.15) is 13.3 Å². The smallest absolute Gasteiger partial charge is 0.315 e. The van der Waals surface area contributed by atoms with Gasteiger partial charge in [0.05, 0.1) is 13.7 Å². The van der Waals surface area contributed by atoms with E-state index >= 15 is 0 Å². The Hall–Kier alpha value is -1.06. The van der Waals surface area contributed by atoms with E-state index in [0.717, 1.165) is 0 Å². The average molecular weight is 145 g/mol. The van der Waals surface area contributed by atoms with Gasteiger partial charge in [0.15, 0.2) is 5.90 Å². The third kappa shape index (κ3) is 3.88. The van der Waals surface area contributed by atoms with Crippen molar-refractivity contribution >= 4 is 11.9 Å². The van der Waals surface area contributed by atoms with Crippen molar-refractivity contribution in [2.75, 3.05) is 13.7 Å². The molecule has 0 rings (SSSR count). The fourth-order valence-corrected chi connectivity index (χ4v) is 0.415. The van der Waals surface area contributed by atoms with E-state index in [1.54, 1.807) is 6.92 Å². The highest BCUT2D eigenvalue weighted by Crippen LogP contribution is 1.88. The quantitative estimate of drug-likeness (QED) is 0.358. The van der Waals surface area contributed by atoms with Crippen molar-refractivity contribution in [2.45, 2.75) is 13.3 Å². The highest BCUT2D eigenvalue weighted by atomic mass is 16.5. The summed E-state index contributed by atoms with van der Waals surface area (Å²) in [5, 5.41) is 6.92. The van der Waals surface area contributed by atoms with Gasteiger partial charge in [-0.25, -0.2) is 0 Å². The lowest BCUT2D eigenvalue weighted by Crippen LogP contribution is -2.11. The first-order valence-corrected chi connectivity index (χ1v) is 2.97. The highest BCUT2D eigenvalue weighted by Gasteiger charge is 2.05. The number of carbonyl (C=O) groups excluding carboxylic acids is 1. The van der Waals surface area contributed by atoms with Gasteiger partial charge in [-0.1, -0.05) is 0 Å². The van der Waals surface area contributed by atoms with E-state index in [-0.39, 0.29) is 12.3 Å². The van der Waals surface area contributed by atoms with Crippen molar-refractivity contribution in [1.29, 1.82) is 5.41 Å². The molecular formula is C6H11NO3.